The number of ether oxygens (including phenoxy) is 16. The molecule has 0 heterocycles. The number of nitrogens with zero attached hydrogens (tertiary/aromatic N) is 4. The summed E-state index contributed by atoms with van der Waals surface area (Å²) in [5.74, 6) is 21.7. The molecule has 24 heteroatoms. The molecule has 0 N–H and O–H groups in total. The molecule has 0 aliphatic heterocycles. The molecule has 0 aliphatic rings. The maximum absolute atomic E-state index is 11.3. The Labute approximate surface area is 560 Å². The van der Waals surface area contributed by atoms with Gasteiger partial charge in [0.15, 0.2) is 0 Å². The predicted octanol–water partition coefficient (Wildman–Crippen LogP) is 9.44. The van der Waals surface area contributed by atoms with Crippen molar-refractivity contribution in [3.05, 3.63) is 186 Å². The van der Waals surface area contributed by atoms with Crippen molar-refractivity contribution in [1.82, 2.24) is 0 Å². The molecule has 24 nitrogen and oxygen atoms in total. The summed E-state index contributed by atoms with van der Waals surface area (Å²) in [6, 6.07) is 33.8. The third-order valence-electron chi connectivity index (χ3n) is 12.8. The first-order chi connectivity index (χ1) is 47.1. The van der Waals surface area contributed by atoms with Gasteiger partial charge in [0, 0.05) is 111 Å². The van der Waals surface area contributed by atoms with E-state index in [4.69, 9.17) is 75.8 Å². The van der Waals surface area contributed by atoms with Gasteiger partial charge in [-0.2, -0.15) is 0 Å². The van der Waals surface area contributed by atoms with Gasteiger partial charge in [0.2, 0.25) is 0 Å². The maximum Gasteiger partial charge on any atom is 0.269 e. The highest BCUT2D eigenvalue weighted by atomic mass is 16.6. The minimum absolute atomic E-state index is 0.0334. The lowest BCUT2D eigenvalue weighted by Crippen LogP contribution is -2.12. The molecule has 510 valence electrons. The second-order valence-corrected chi connectivity index (χ2v) is 20.2. The molecule has 0 amide bonds. The number of non-ortho nitro benzene ring substituents is 2. The van der Waals surface area contributed by atoms with Crippen LogP contribution in [0.2, 0.25) is 0 Å². The number of hydrogen-bond acceptors (Lipinski definition) is 22. The molecule has 0 spiro atoms. The van der Waals surface area contributed by atoms with Crippen LogP contribution >= 0.6 is 0 Å². The highest BCUT2D eigenvalue weighted by molar-refractivity contribution is 5.83. The molecule has 0 bridgehead atoms. The fraction of sp³-hybridized carbons (Fsp3) is 0.389. The predicted molar refractivity (Wildman–Crippen MR) is 360 cm³/mol. The highest BCUT2D eigenvalue weighted by Crippen LogP contribution is 2.27. The van der Waals surface area contributed by atoms with Crippen molar-refractivity contribution in [2.45, 2.75) is 0 Å². The molecule has 96 heavy (non-hydrogen) atoms. The van der Waals surface area contributed by atoms with Gasteiger partial charge in [0.05, 0.1) is 153 Å². The molecule has 0 aliphatic carbocycles. The van der Waals surface area contributed by atoms with Crippen LogP contribution in [0.15, 0.2) is 131 Å². The van der Waals surface area contributed by atoms with Crippen LogP contribution in [0.25, 0.3) is 0 Å². The number of rotatable bonds is 46. The maximum atomic E-state index is 11.3. The summed E-state index contributed by atoms with van der Waals surface area (Å²) in [6.07, 6.45) is 3.21. The van der Waals surface area contributed by atoms with Gasteiger partial charge < -0.3 is 75.8 Å². The Morgan fingerprint density at radius 3 is 0.760 bits per heavy atom. The Morgan fingerprint density at radius 1 is 0.302 bits per heavy atom. The van der Waals surface area contributed by atoms with E-state index in [1.165, 1.54) is 24.3 Å². The van der Waals surface area contributed by atoms with E-state index < -0.39 is 9.85 Å². The van der Waals surface area contributed by atoms with Gasteiger partial charge in [-0.1, -0.05) is 35.5 Å². The van der Waals surface area contributed by atoms with E-state index in [2.05, 4.69) is 45.5 Å². The number of benzene rings is 6. The van der Waals surface area contributed by atoms with E-state index in [0.717, 1.165) is 0 Å². The average Bonchev–Trinajstić information content (AvgIpc) is 1.24. The quantitative estimate of drug-likeness (QED) is 0.0113. The standard InChI is InChI=1S/C72H82N4O20/c1-81-19-23-85-27-31-89-35-39-93-69-47-59(43-61(49-69)7-9-63-45-65(73-55-57-11-15-67(16-12-57)75(77)78)53-71(51-63)95-41-37-91-33-29-87-25-21-83-3)5-6-60-44-62(50-70(48-60)94-40-36-90-32-28-86-24-20-82-2)8-10-64-46-66(74-56-58-13-17-68(18-14-58)76(79)80)54-72(52-64)96-42-38-92-34-30-88-26-22-84-4/h11-18,43-56H,19-42H2,1-4H3. The summed E-state index contributed by atoms with van der Waals surface area (Å²) in [5.41, 5.74) is 5.76. The molecule has 6 aromatic rings. The van der Waals surface area contributed by atoms with E-state index in [9.17, 15) is 20.2 Å². The average molecular weight is 1320 g/mol. The molecule has 0 saturated carbocycles. The fourth-order valence-electron chi connectivity index (χ4n) is 8.11. The monoisotopic (exact) mass is 1320 g/mol. The lowest BCUT2D eigenvalue weighted by Gasteiger charge is -2.10. The third-order valence-corrected chi connectivity index (χ3v) is 12.8. The molecule has 6 aromatic carbocycles. The van der Waals surface area contributed by atoms with Crippen LogP contribution in [0.3, 0.4) is 0 Å². The lowest BCUT2D eigenvalue weighted by molar-refractivity contribution is -0.385. The van der Waals surface area contributed by atoms with Crippen molar-refractivity contribution in [2.75, 3.05) is 187 Å². The van der Waals surface area contributed by atoms with Gasteiger partial charge in [-0.05, 0) is 96.1 Å². The van der Waals surface area contributed by atoms with E-state index in [0.29, 0.717) is 198 Å². The first kappa shape index (κ1) is 75.9. The van der Waals surface area contributed by atoms with Crippen molar-refractivity contribution in [3.63, 3.8) is 0 Å². The second kappa shape index (κ2) is 46.9. The van der Waals surface area contributed by atoms with Crippen LogP contribution in [-0.4, -0.2) is 209 Å². The topological polar surface area (TPSA) is 259 Å². The van der Waals surface area contributed by atoms with Gasteiger partial charge in [-0.3, -0.25) is 30.2 Å². The molecule has 0 atom stereocenters. The number of nitro groups is 2. The Balaban J connectivity index is 1.32. The summed E-state index contributed by atoms with van der Waals surface area (Å²) in [5, 5.41) is 22.6. The Hall–Kier alpha value is -9.14. The Kier molecular flexibility index (Phi) is 37.0. The summed E-state index contributed by atoms with van der Waals surface area (Å²) in [6.45, 7) is 8.98. The van der Waals surface area contributed by atoms with E-state index in [1.54, 1.807) is 102 Å². The van der Waals surface area contributed by atoms with Gasteiger partial charge in [0.1, 0.15) is 49.4 Å². The molecular formula is C72H82N4O20. The van der Waals surface area contributed by atoms with Crippen LogP contribution in [0.5, 0.6) is 23.0 Å². The smallest absolute Gasteiger partial charge is 0.269 e. The zero-order chi connectivity index (χ0) is 67.9. The molecule has 0 saturated heterocycles. The zero-order valence-corrected chi connectivity index (χ0v) is 54.6. The van der Waals surface area contributed by atoms with Crippen molar-refractivity contribution in [3.8, 4) is 58.5 Å². The summed E-state index contributed by atoms with van der Waals surface area (Å²) in [7, 11) is 6.45. The van der Waals surface area contributed by atoms with E-state index >= 15 is 0 Å². The summed E-state index contributed by atoms with van der Waals surface area (Å²) < 4.78 is 90.0. The van der Waals surface area contributed by atoms with Gasteiger partial charge in [0.25, 0.3) is 11.4 Å². The van der Waals surface area contributed by atoms with Crippen molar-refractivity contribution >= 4 is 35.2 Å². The number of methoxy groups -OCH3 is 4. The lowest BCUT2D eigenvalue weighted by atomic mass is 10.1. The fourth-order valence-corrected chi connectivity index (χ4v) is 8.11. The summed E-state index contributed by atoms with van der Waals surface area (Å²) >= 11 is 0. The van der Waals surface area contributed by atoms with Crippen molar-refractivity contribution in [2.24, 2.45) is 9.98 Å². The normalized spacial score (nSPS) is 11.0. The second-order valence-electron chi connectivity index (χ2n) is 20.2. The first-order valence-electron chi connectivity index (χ1n) is 30.9. The van der Waals surface area contributed by atoms with Gasteiger partial charge >= 0.3 is 0 Å². The van der Waals surface area contributed by atoms with Crippen molar-refractivity contribution < 1.29 is 85.6 Å². The zero-order valence-electron chi connectivity index (χ0n) is 54.6. The number of nitro benzene ring substituents is 2. The molecule has 0 aromatic heterocycles. The van der Waals surface area contributed by atoms with E-state index in [1.807, 2.05) is 36.4 Å². The molecule has 0 fully saturated rings. The number of hydrogen-bond donors (Lipinski definition) is 0. The van der Waals surface area contributed by atoms with Crippen molar-refractivity contribution in [1.29, 1.82) is 0 Å². The molecule has 0 radical (unpaired) electrons. The molecule has 6 rings (SSSR count). The van der Waals surface area contributed by atoms with Crippen LogP contribution < -0.4 is 18.9 Å². The van der Waals surface area contributed by atoms with E-state index in [-0.39, 0.29) is 51.0 Å². The Morgan fingerprint density at radius 2 is 0.521 bits per heavy atom. The van der Waals surface area contributed by atoms with Gasteiger partial charge in [-0.25, -0.2) is 0 Å². The first-order valence-corrected chi connectivity index (χ1v) is 30.9. The molecular weight excluding hydrogens is 1240 g/mol. The van der Waals surface area contributed by atoms with Crippen LogP contribution in [0.1, 0.15) is 44.5 Å². The third kappa shape index (κ3) is 32.3. The largest absolute Gasteiger partial charge is 0.491 e. The van der Waals surface area contributed by atoms with Crippen LogP contribution in [0.4, 0.5) is 22.7 Å². The number of aliphatic imine (C=N–C) groups is 2. The minimum Gasteiger partial charge on any atom is -0.491 e. The van der Waals surface area contributed by atoms with Crippen LogP contribution in [0, 0.1) is 55.8 Å². The minimum atomic E-state index is -0.458. The SMILES string of the molecule is COCCOCCOCCOc1cc(C#Cc2cc(C#Cc3cc(N=Cc4ccc([N+](=O)[O-])cc4)cc(OCCOCCOCCOC)c3)cc(OCCOCCOCCOC)c2)cc(C#Cc2cc(N=Cc3ccc([N+](=O)[O-])cc3)cc(OCCOCCOCCOC)c2)c1. The molecule has 0 unspecified atom stereocenters. The highest BCUT2D eigenvalue weighted by Gasteiger charge is 2.09. The van der Waals surface area contributed by atoms with Gasteiger partial charge in [-0.15, -0.1) is 0 Å². The Bertz CT molecular complexity index is 3300. The summed E-state index contributed by atoms with van der Waals surface area (Å²) in [4.78, 5) is 31.1. The van der Waals surface area contributed by atoms with Crippen LogP contribution in [-0.2, 0) is 56.8 Å².